The molecule has 2 aliphatic rings. The second-order valence-electron chi connectivity index (χ2n) is 5.01. The maximum absolute atomic E-state index is 5.85. The van der Waals surface area contributed by atoms with Crippen LogP contribution in [0.25, 0.3) is 0 Å². The van der Waals surface area contributed by atoms with Gasteiger partial charge in [-0.1, -0.05) is 0 Å². The van der Waals surface area contributed by atoms with Gasteiger partial charge in [0.25, 0.3) is 0 Å². The molecule has 1 saturated heterocycles. The monoisotopic (exact) mass is 233 g/mol. The Labute approximate surface area is 102 Å². The van der Waals surface area contributed by atoms with E-state index in [0.717, 1.165) is 30.6 Å². The summed E-state index contributed by atoms with van der Waals surface area (Å²) in [6, 6.07) is 1.94. The van der Waals surface area contributed by atoms with Crippen molar-refractivity contribution in [2.24, 2.45) is 0 Å². The molecule has 1 aliphatic carbocycles. The number of ether oxygens (including phenoxy) is 1. The second-order valence-corrected chi connectivity index (χ2v) is 5.01. The summed E-state index contributed by atoms with van der Waals surface area (Å²) in [5.41, 5.74) is 0.997. The summed E-state index contributed by atoms with van der Waals surface area (Å²) in [6.07, 6.45) is 6.50. The van der Waals surface area contributed by atoms with E-state index in [0.29, 0.717) is 6.10 Å². The molecule has 0 atom stereocenters. The highest BCUT2D eigenvalue weighted by Gasteiger charge is 2.21. The average molecular weight is 233 g/mol. The van der Waals surface area contributed by atoms with E-state index in [4.69, 9.17) is 4.74 Å². The Hall–Kier alpha value is -1.32. The molecule has 0 amide bonds. The highest BCUT2D eigenvalue weighted by molar-refractivity contribution is 5.35. The molecular weight excluding hydrogens is 214 g/mol. The normalized spacial score (nSPS) is 20.4. The lowest BCUT2D eigenvalue weighted by Crippen LogP contribution is -2.26. The quantitative estimate of drug-likeness (QED) is 0.803. The van der Waals surface area contributed by atoms with Gasteiger partial charge in [-0.3, -0.25) is 0 Å². The van der Waals surface area contributed by atoms with Gasteiger partial charge in [-0.15, -0.1) is 0 Å². The Morgan fingerprint density at radius 2 is 1.94 bits per heavy atom. The predicted molar refractivity (Wildman–Crippen MR) is 66.5 cm³/mol. The fourth-order valence-corrected chi connectivity index (χ4v) is 2.30. The number of anilines is 1. The van der Waals surface area contributed by atoms with Crippen molar-refractivity contribution in [3.05, 3.63) is 11.8 Å². The van der Waals surface area contributed by atoms with Gasteiger partial charge in [-0.05, 0) is 39.0 Å². The van der Waals surface area contributed by atoms with Crippen molar-refractivity contribution < 1.29 is 4.74 Å². The molecule has 2 fully saturated rings. The minimum atomic E-state index is 0.385. The molecule has 17 heavy (non-hydrogen) atoms. The number of aryl methyl sites for hydroxylation is 1. The van der Waals surface area contributed by atoms with Gasteiger partial charge < -0.3 is 9.64 Å². The van der Waals surface area contributed by atoms with Crippen LogP contribution in [0.3, 0.4) is 0 Å². The summed E-state index contributed by atoms with van der Waals surface area (Å²) in [5, 5.41) is 0. The smallest absolute Gasteiger partial charge is 0.228 e. The zero-order chi connectivity index (χ0) is 11.7. The first-order chi connectivity index (χ1) is 8.31. The van der Waals surface area contributed by atoms with Crippen LogP contribution in [0.1, 0.15) is 37.8 Å². The Morgan fingerprint density at radius 3 is 2.59 bits per heavy atom. The third-order valence-corrected chi connectivity index (χ3v) is 3.55. The maximum Gasteiger partial charge on any atom is 0.228 e. The third kappa shape index (κ3) is 2.35. The lowest BCUT2D eigenvalue weighted by Gasteiger charge is -2.26. The van der Waals surface area contributed by atoms with Gasteiger partial charge in [0.1, 0.15) is 6.10 Å². The third-order valence-electron chi connectivity index (χ3n) is 3.55. The van der Waals surface area contributed by atoms with Gasteiger partial charge in [0.05, 0.1) is 0 Å². The number of hydrogen-bond donors (Lipinski definition) is 0. The van der Waals surface area contributed by atoms with E-state index in [1.54, 1.807) is 0 Å². The summed E-state index contributed by atoms with van der Waals surface area (Å²) in [4.78, 5) is 11.3. The van der Waals surface area contributed by atoms with E-state index in [1.807, 2.05) is 13.0 Å². The molecular formula is C13H19N3O. The lowest BCUT2D eigenvalue weighted by molar-refractivity contribution is 0.114. The van der Waals surface area contributed by atoms with E-state index in [9.17, 15) is 0 Å². The van der Waals surface area contributed by atoms with Crippen molar-refractivity contribution in [3.63, 3.8) is 0 Å². The fourth-order valence-electron chi connectivity index (χ4n) is 2.30. The predicted octanol–water partition coefficient (Wildman–Crippen LogP) is 2.32. The Kier molecular flexibility index (Phi) is 2.87. The molecule has 92 valence electrons. The van der Waals surface area contributed by atoms with Crippen LogP contribution in [0.5, 0.6) is 5.88 Å². The van der Waals surface area contributed by atoms with Crippen molar-refractivity contribution in [3.8, 4) is 5.88 Å². The molecule has 1 aliphatic heterocycles. The largest absolute Gasteiger partial charge is 0.474 e. The summed E-state index contributed by atoms with van der Waals surface area (Å²) >= 11 is 0. The molecule has 1 saturated carbocycles. The van der Waals surface area contributed by atoms with Gasteiger partial charge in [-0.25, -0.2) is 4.98 Å². The van der Waals surface area contributed by atoms with E-state index in [1.165, 1.54) is 32.1 Å². The average Bonchev–Trinajstić information content (AvgIpc) is 2.76. The van der Waals surface area contributed by atoms with Crippen molar-refractivity contribution in [1.82, 2.24) is 9.97 Å². The highest BCUT2D eigenvalue weighted by Crippen LogP contribution is 2.26. The van der Waals surface area contributed by atoms with Crippen LogP contribution in [0, 0.1) is 6.92 Å². The molecule has 4 nitrogen and oxygen atoms in total. The summed E-state index contributed by atoms with van der Waals surface area (Å²) in [7, 11) is 0. The molecule has 0 bridgehead atoms. The van der Waals surface area contributed by atoms with Crippen molar-refractivity contribution in [2.45, 2.75) is 45.1 Å². The number of hydrogen-bond acceptors (Lipinski definition) is 4. The Balaban J connectivity index is 1.78. The number of nitrogens with zero attached hydrogens (tertiary/aromatic N) is 3. The van der Waals surface area contributed by atoms with Gasteiger partial charge in [0.15, 0.2) is 0 Å². The molecule has 0 unspecified atom stereocenters. The molecule has 1 aromatic rings. The summed E-state index contributed by atoms with van der Waals surface area (Å²) in [5.74, 6) is 1.60. The SMILES string of the molecule is Cc1cc(OC2CCC2)nc(N2CCCC2)n1. The maximum atomic E-state index is 5.85. The summed E-state index contributed by atoms with van der Waals surface area (Å²) in [6.45, 7) is 4.16. The van der Waals surface area contributed by atoms with E-state index in [2.05, 4.69) is 14.9 Å². The zero-order valence-corrected chi connectivity index (χ0v) is 10.4. The van der Waals surface area contributed by atoms with Gasteiger partial charge in [-0.2, -0.15) is 4.98 Å². The summed E-state index contributed by atoms with van der Waals surface area (Å²) < 4.78 is 5.85. The Morgan fingerprint density at radius 1 is 1.18 bits per heavy atom. The first kappa shape index (κ1) is 10.8. The zero-order valence-electron chi connectivity index (χ0n) is 10.4. The van der Waals surface area contributed by atoms with Crippen LogP contribution in [0.15, 0.2) is 6.07 Å². The van der Waals surface area contributed by atoms with E-state index < -0.39 is 0 Å². The molecule has 0 N–H and O–H groups in total. The first-order valence-electron chi connectivity index (χ1n) is 6.58. The fraction of sp³-hybridized carbons (Fsp3) is 0.692. The molecule has 0 radical (unpaired) electrons. The molecule has 3 rings (SSSR count). The molecule has 1 aromatic heterocycles. The van der Waals surface area contributed by atoms with Crippen LogP contribution >= 0.6 is 0 Å². The van der Waals surface area contributed by atoms with Crippen LogP contribution in [-0.2, 0) is 0 Å². The van der Waals surface area contributed by atoms with Gasteiger partial charge in [0, 0.05) is 24.8 Å². The van der Waals surface area contributed by atoms with Crippen LogP contribution in [-0.4, -0.2) is 29.2 Å². The van der Waals surface area contributed by atoms with Crippen molar-refractivity contribution in [2.75, 3.05) is 18.0 Å². The van der Waals surface area contributed by atoms with E-state index >= 15 is 0 Å². The van der Waals surface area contributed by atoms with Crippen LogP contribution in [0.2, 0.25) is 0 Å². The standard InChI is InChI=1S/C13H19N3O/c1-10-9-12(17-11-5-4-6-11)15-13(14-10)16-7-2-3-8-16/h9,11H,2-8H2,1H3. The lowest BCUT2D eigenvalue weighted by atomic mass is 9.96. The highest BCUT2D eigenvalue weighted by atomic mass is 16.5. The Bertz CT molecular complexity index is 398. The number of rotatable bonds is 3. The van der Waals surface area contributed by atoms with Crippen LogP contribution < -0.4 is 9.64 Å². The van der Waals surface area contributed by atoms with Gasteiger partial charge >= 0.3 is 0 Å². The minimum absolute atomic E-state index is 0.385. The molecule has 4 heteroatoms. The second kappa shape index (κ2) is 4.51. The van der Waals surface area contributed by atoms with Crippen molar-refractivity contribution in [1.29, 1.82) is 0 Å². The molecule has 0 aromatic carbocycles. The molecule has 0 spiro atoms. The number of aromatic nitrogens is 2. The van der Waals surface area contributed by atoms with Gasteiger partial charge in [0.2, 0.25) is 11.8 Å². The van der Waals surface area contributed by atoms with Crippen LogP contribution in [0.4, 0.5) is 5.95 Å². The first-order valence-corrected chi connectivity index (χ1v) is 6.58. The molecule has 2 heterocycles. The van der Waals surface area contributed by atoms with Crippen molar-refractivity contribution >= 4 is 5.95 Å². The topological polar surface area (TPSA) is 38.2 Å². The van der Waals surface area contributed by atoms with E-state index in [-0.39, 0.29) is 0 Å². The minimum Gasteiger partial charge on any atom is -0.474 e.